The number of carboxylic acid groups (broad SMARTS) is 1. The van der Waals surface area contributed by atoms with Gasteiger partial charge in [0.15, 0.2) is 0 Å². The number of carbonyl (C=O) groups is 2. The molecule has 0 bridgehead atoms. The lowest BCUT2D eigenvalue weighted by atomic mass is 9.95. The van der Waals surface area contributed by atoms with E-state index in [0.717, 1.165) is 11.1 Å². The maximum atomic E-state index is 12.6. The van der Waals surface area contributed by atoms with Gasteiger partial charge in [-0.1, -0.05) is 30.7 Å². The minimum atomic E-state index is -0.813. The van der Waals surface area contributed by atoms with Crippen LogP contribution in [0.1, 0.15) is 34.8 Å². The first-order valence-electron chi connectivity index (χ1n) is 10.6. The molecular weight excluding hydrogens is 442 g/mol. The van der Waals surface area contributed by atoms with Crippen molar-refractivity contribution < 1.29 is 24.2 Å². The number of halogens is 1. The third-order valence-corrected chi connectivity index (χ3v) is 5.53. The van der Waals surface area contributed by atoms with E-state index in [4.69, 9.17) is 21.1 Å². The summed E-state index contributed by atoms with van der Waals surface area (Å²) in [7, 11) is 1.56. The Morgan fingerprint density at radius 1 is 1.00 bits per heavy atom. The fraction of sp³-hybridized carbons (Fsp3) is 0.231. The molecule has 0 fully saturated rings. The van der Waals surface area contributed by atoms with Crippen molar-refractivity contribution in [3.8, 4) is 17.2 Å². The molecule has 33 heavy (non-hydrogen) atoms. The van der Waals surface area contributed by atoms with Crippen molar-refractivity contribution in [1.29, 1.82) is 0 Å². The molecule has 2 N–H and O–H groups in total. The third kappa shape index (κ3) is 6.73. The molecule has 0 aromatic heterocycles. The SMILES string of the molecule is CC[C@@H](Cc1ccc(OC)c(CNC(=O)c2ccc(Oc3ccc(Cl)cc3)cc2)c1)C(=O)O. The Labute approximate surface area is 198 Å². The number of ether oxygens (including phenoxy) is 2. The lowest BCUT2D eigenvalue weighted by Gasteiger charge is -2.14. The van der Waals surface area contributed by atoms with E-state index in [1.165, 1.54) is 0 Å². The summed E-state index contributed by atoms with van der Waals surface area (Å²) in [4.78, 5) is 24.0. The molecule has 3 rings (SSSR count). The molecule has 1 atom stereocenters. The first-order valence-corrected chi connectivity index (χ1v) is 11.0. The molecule has 0 aliphatic heterocycles. The normalized spacial score (nSPS) is 11.5. The van der Waals surface area contributed by atoms with Crippen molar-refractivity contribution in [1.82, 2.24) is 5.32 Å². The second kappa shape index (κ2) is 11.4. The van der Waals surface area contributed by atoms with Crippen LogP contribution < -0.4 is 14.8 Å². The predicted molar refractivity (Wildman–Crippen MR) is 127 cm³/mol. The minimum absolute atomic E-state index is 0.238. The average molecular weight is 468 g/mol. The molecule has 0 aliphatic carbocycles. The predicted octanol–water partition coefficient (Wildman–Crippen LogP) is 5.72. The Balaban J connectivity index is 1.64. The lowest BCUT2D eigenvalue weighted by Crippen LogP contribution is -2.23. The van der Waals surface area contributed by atoms with E-state index in [9.17, 15) is 14.7 Å². The van der Waals surface area contributed by atoms with E-state index in [2.05, 4.69) is 5.32 Å². The van der Waals surface area contributed by atoms with Crippen LogP contribution in [-0.2, 0) is 17.8 Å². The number of benzene rings is 3. The maximum absolute atomic E-state index is 12.6. The van der Waals surface area contributed by atoms with Crippen LogP contribution in [0.15, 0.2) is 66.7 Å². The number of carbonyl (C=O) groups excluding carboxylic acids is 1. The zero-order chi connectivity index (χ0) is 23.8. The van der Waals surface area contributed by atoms with Gasteiger partial charge in [0.2, 0.25) is 0 Å². The third-order valence-electron chi connectivity index (χ3n) is 5.27. The second-order valence-corrected chi connectivity index (χ2v) is 7.99. The summed E-state index contributed by atoms with van der Waals surface area (Å²) >= 11 is 5.88. The van der Waals surface area contributed by atoms with Crippen LogP contribution in [0.2, 0.25) is 5.02 Å². The molecule has 0 heterocycles. The standard InChI is InChI=1S/C26H26ClNO5/c1-3-18(26(30)31)14-17-4-13-24(32-2)20(15-17)16-28-25(29)19-5-9-22(10-6-19)33-23-11-7-21(27)8-12-23/h4-13,15,18H,3,14,16H2,1-2H3,(H,28,29)(H,30,31)/t18-/m0/s1. The minimum Gasteiger partial charge on any atom is -0.496 e. The highest BCUT2D eigenvalue weighted by Gasteiger charge is 2.17. The Morgan fingerprint density at radius 2 is 1.64 bits per heavy atom. The van der Waals surface area contributed by atoms with Crippen molar-refractivity contribution in [3.05, 3.63) is 88.4 Å². The van der Waals surface area contributed by atoms with Crippen LogP contribution in [0.25, 0.3) is 0 Å². The fourth-order valence-electron chi connectivity index (χ4n) is 3.38. The molecule has 0 saturated carbocycles. The van der Waals surface area contributed by atoms with Gasteiger partial charge >= 0.3 is 5.97 Å². The topological polar surface area (TPSA) is 84.9 Å². The second-order valence-electron chi connectivity index (χ2n) is 7.56. The van der Waals surface area contributed by atoms with Gasteiger partial charge in [-0.25, -0.2) is 0 Å². The van der Waals surface area contributed by atoms with E-state index in [-0.39, 0.29) is 12.5 Å². The zero-order valence-electron chi connectivity index (χ0n) is 18.5. The molecule has 0 radical (unpaired) electrons. The van der Waals surface area contributed by atoms with Gasteiger partial charge < -0.3 is 19.9 Å². The Kier molecular flexibility index (Phi) is 8.33. The van der Waals surface area contributed by atoms with Crippen molar-refractivity contribution in [3.63, 3.8) is 0 Å². The number of aliphatic carboxylic acids is 1. The van der Waals surface area contributed by atoms with Crippen LogP contribution in [0.3, 0.4) is 0 Å². The average Bonchev–Trinajstić information content (AvgIpc) is 2.82. The van der Waals surface area contributed by atoms with Crippen LogP contribution >= 0.6 is 11.6 Å². The van der Waals surface area contributed by atoms with E-state index in [0.29, 0.717) is 40.7 Å². The highest BCUT2D eigenvalue weighted by atomic mass is 35.5. The summed E-state index contributed by atoms with van der Waals surface area (Å²) in [5.41, 5.74) is 2.16. The van der Waals surface area contributed by atoms with E-state index < -0.39 is 11.9 Å². The first kappa shape index (κ1) is 24.1. The molecule has 6 nitrogen and oxygen atoms in total. The van der Waals surface area contributed by atoms with Crippen LogP contribution in [0.5, 0.6) is 17.2 Å². The number of hydrogen-bond acceptors (Lipinski definition) is 4. The van der Waals surface area contributed by atoms with Gasteiger partial charge in [-0.05, 0) is 73.0 Å². The fourth-order valence-corrected chi connectivity index (χ4v) is 3.50. The number of carboxylic acids is 1. The summed E-state index contributed by atoms with van der Waals surface area (Å²) in [6.07, 6.45) is 0.969. The maximum Gasteiger partial charge on any atom is 0.306 e. The van der Waals surface area contributed by atoms with Crippen molar-refractivity contribution in [2.45, 2.75) is 26.3 Å². The van der Waals surface area contributed by atoms with E-state index >= 15 is 0 Å². The molecule has 0 aliphatic rings. The summed E-state index contributed by atoms with van der Waals surface area (Å²) in [5.74, 6) is 0.386. The van der Waals surface area contributed by atoms with E-state index in [1.807, 2.05) is 19.1 Å². The highest BCUT2D eigenvalue weighted by molar-refractivity contribution is 6.30. The molecule has 1 amide bonds. The number of nitrogens with one attached hydrogen (secondary N) is 1. The van der Waals surface area contributed by atoms with Crippen LogP contribution in [0, 0.1) is 5.92 Å². The summed E-state index contributed by atoms with van der Waals surface area (Å²) in [6, 6.07) is 19.4. The van der Waals surface area contributed by atoms with Gasteiger partial charge in [-0.2, -0.15) is 0 Å². The monoisotopic (exact) mass is 467 g/mol. The Morgan fingerprint density at radius 3 is 2.21 bits per heavy atom. The zero-order valence-corrected chi connectivity index (χ0v) is 19.3. The largest absolute Gasteiger partial charge is 0.496 e. The molecular formula is C26H26ClNO5. The summed E-state index contributed by atoms with van der Waals surface area (Å²) in [5, 5.41) is 12.8. The molecule has 3 aromatic rings. The molecule has 172 valence electrons. The summed E-state index contributed by atoms with van der Waals surface area (Å²) < 4.78 is 11.2. The smallest absolute Gasteiger partial charge is 0.306 e. The van der Waals surface area contributed by atoms with Crippen molar-refractivity contribution >= 4 is 23.5 Å². The molecule has 0 unspecified atom stereocenters. The molecule has 7 heteroatoms. The quantitative estimate of drug-likeness (QED) is 0.398. The number of hydrogen-bond donors (Lipinski definition) is 2. The number of rotatable bonds is 10. The van der Waals surface area contributed by atoms with Gasteiger partial charge in [0.05, 0.1) is 13.0 Å². The van der Waals surface area contributed by atoms with Gasteiger partial charge in [0, 0.05) is 22.7 Å². The van der Waals surface area contributed by atoms with Crippen molar-refractivity contribution in [2.24, 2.45) is 5.92 Å². The van der Waals surface area contributed by atoms with Crippen LogP contribution in [-0.4, -0.2) is 24.1 Å². The van der Waals surface area contributed by atoms with Gasteiger partial charge in [-0.15, -0.1) is 0 Å². The van der Waals surface area contributed by atoms with E-state index in [1.54, 1.807) is 61.7 Å². The number of methoxy groups -OCH3 is 1. The van der Waals surface area contributed by atoms with Gasteiger partial charge in [0.25, 0.3) is 5.91 Å². The van der Waals surface area contributed by atoms with Gasteiger partial charge in [-0.3, -0.25) is 9.59 Å². The Bertz CT molecular complexity index is 1100. The molecule has 0 saturated heterocycles. The Hall–Kier alpha value is -3.51. The van der Waals surface area contributed by atoms with Gasteiger partial charge in [0.1, 0.15) is 17.2 Å². The lowest BCUT2D eigenvalue weighted by molar-refractivity contribution is -0.141. The highest BCUT2D eigenvalue weighted by Crippen LogP contribution is 2.24. The molecule has 3 aromatic carbocycles. The summed E-state index contributed by atoms with van der Waals surface area (Å²) in [6.45, 7) is 2.11. The number of amides is 1. The van der Waals surface area contributed by atoms with Crippen LogP contribution in [0.4, 0.5) is 0 Å². The van der Waals surface area contributed by atoms with Crippen molar-refractivity contribution in [2.75, 3.05) is 7.11 Å². The first-order chi connectivity index (χ1) is 15.9. The molecule has 0 spiro atoms.